The first kappa shape index (κ1) is 7.85. The van der Waals surface area contributed by atoms with Gasteiger partial charge >= 0.3 is 0 Å². The van der Waals surface area contributed by atoms with Crippen LogP contribution in [-0.4, -0.2) is 12.9 Å². The number of hydrogen-bond donors (Lipinski definition) is 0. The zero-order chi connectivity index (χ0) is 8.27. The predicted molar refractivity (Wildman–Crippen MR) is 40.0 cm³/mol. The number of rotatable bonds is 3. The third-order valence-corrected chi connectivity index (χ3v) is 1.34. The molecule has 1 aromatic heterocycles. The molecule has 0 aliphatic rings. The summed E-state index contributed by atoms with van der Waals surface area (Å²) in [7, 11) is 0. The lowest BCUT2D eigenvalue weighted by atomic mass is 10.3. The molecule has 0 aliphatic carbocycles. The maximum absolute atomic E-state index is 10.3. The van der Waals surface area contributed by atoms with E-state index < -0.39 is 0 Å². The molecule has 0 spiro atoms. The quantitative estimate of drug-likeness (QED) is 0.623. The van der Waals surface area contributed by atoms with E-state index in [1.54, 1.807) is 0 Å². The maximum Gasteiger partial charge on any atom is 0.208 e. The molecule has 0 atom stereocenters. The van der Waals surface area contributed by atoms with Crippen molar-refractivity contribution >= 4 is 6.29 Å². The summed E-state index contributed by atoms with van der Waals surface area (Å²) in [4.78, 5) is 10.3. The van der Waals surface area contributed by atoms with Crippen molar-refractivity contribution in [1.82, 2.24) is 0 Å². The van der Waals surface area contributed by atoms with Gasteiger partial charge in [-0.25, -0.2) is 0 Å². The molecule has 0 amide bonds. The highest BCUT2D eigenvalue weighted by Crippen LogP contribution is 2.23. The summed E-state index contributed by atoms with van der Waals surface area (Å²) in [6.45, 7) is 4.24. The Bertz CT molecular complexity index is 250. The van der Waals surface area contributed by atoms with Crippen molar-refractivity contribution in [3.8, 4) is 5.75 Å². The molecule has 11 heavy (non-hydrogen) atoms. The van der Waals surface area contributed by atoms with Crippen molar-refractivity contribution in [2.45, 2.75) is 13.8 Å². The summed E-state index contributed by atoms with van der Waals surface area (Å²) in [5.74, 6) is 0.826. The van der Waals surface area contributed by atoms with Crippen LogP contribution in [0.4, 0.5) is 0 Å². The van der Waals surface area contributed by atoms with Crippen LogP contribution in [0, 0.1) is 6.92 Å². The molecule has 60 valence electrons. The van der Waals surface area contributed by atoms with Gasteiger partial charge in [0.1, 0.15) is 0 Å². The highest BCUT2D eigenvalue weighted by molar-refractivity contribution is 5.76. The third-order valence-electron chi connectivity index (χ3n) is 1.34. The third kappa shape index (κ3) is 1.42. The van der Waals surface area contributed by atoms with Gasteiger partial charge in [0, 0.05) is 5.56 Å². The van der Waals surface area contributed by atoms with Gasteiger partial charge in [-0.1, -0.05) is 0 Å². The van der Waals surface area contributed by atoms with Crippen LogP contribution >= 0.6 is 0 Å². The van der Waals surface area contributed by atoms with E-state index in [1.165, 1.54) is 6.26 Å². The van der Waals surface area contributed by atoms with Gasteiger partial charge in [0.05, 0.1) is 12.9 Å². The molecule has 0 fully saturated rings. The smallest absolute Gasteiger partial charge is 0.208 e. The maximum atomic E-state index is 10.3. The van der Waals surface area contributed by atoms with E-state index in [9.17, 15) is 4.79 Å². The number of carbonyl (C=O) groups excluding carboxylic acids is 1. The van der Waals surface area contributed by atoms with Crippen molar-refractivity contribution in [2.75, 3.05) is 6.61 Å². The second-order valence-corrected chi connectivity index (χ2v) is 2.16. The average Bonchev–Trinajstić information content (AvgIpc) is 2.34. The minimum absolute atomic E-state index is 0.268. The molecule has 0 aliphatic heterocycles. The molecule has 3 heteroatoms. The monoisotopic (exact) mass is 154 g/mol. The lowest BCUT2D eigenvalue weighted by Crippen LogP contribution is -1.93. The Hall–Kier alpha value is -1.25. The second-order valence-electron chi connectivity index (χ2n) is 2.16. The van der Waals surface area contributed by atoms with Crippen LogP contribution in [0.3, 0.4) is 0 Å². The predicted octanol–water partition coefficient (Wildman–Crippen LogP) is 1.80. The Balaban J connectivity index is 2.97. The summed E-state index contributed by atoms with van der Waals surface area (Å²) in [5.41, 5.74) is 0.856. The van der Waals surface area contributed by atoms with Crippen LogP contribution in [0.1, 0.15) is 23.0 Å². The molecular weight excluding hydrogens is 144 g/mol. The minimum Gasteiger partial charge on any atom is -0.489 e. The van der Waals surface area contributed by atoms with Gasteiger partial charge in [0.2, 0.25) is 5.76 Å². The Labute approximate surface area is 65.0 Å². The first-order valence-electron chi connectivity index (χ1n) is 3.45. The summed E-state index contributed by atoms with van der Waals surface area (Å²) in [6, 6.07) is 0. The molecule has 0 unspecified atom stereocenters. The van der Waals surface area contributed by atoms with E-state index in [4.69, 9.17) is 9.15 Å². The van der Waals surface area contributed by atoms with E-state index in [0.29, 0.717) is 18.6 Å². The van der Waals surface area contributed by atoms with Gasteiger partial charge in [-0.05, 0) is 13.8 Å². The molecule has 1 aromatic rings. The van der Waals surface area contributed by atoms with Crippen LogP contribution in [0.25, 0.3) is 0 Å². The molecule has 0 N–H and O–H groups in total. The fourth-order valence-electron chi connectivity index (χ4n) is 0.864. The fourth-order valence-corrected chi connectivity index (χ4v) is 0.864. The normalized spacial score (nSPS) is 9.64. The summed E-state index contributed by atoms with van der Waals surface area (Å²) < 4.78 is 10.1. The molecule has 0 radical (unpaired) electrons. The number of aryl methyl sites for hydroxylation is 1. The van der Waals surface area contributed by atoms with Crippen molar-refractivity contribution in [2.24, 2.45) is 0 Å². The van der Waals surface area contributed by atoms with Gasteiger partial charge in [0.15, 0.2) is 12.0 Å². The number of carbonyl (C=O) groups is 1. The van der Waals surface area contributed by atoms with Crippen molar-refractivity contribution < 1.29 is 13.9 Å². The van der Waals surface area contributed by atoms with Crippen LogP contribution in [0.5, 0.6) is 5.75 Å². The van der Waals surface area contributed by atoms with Crippen molar-refractivity contribution in [3.63, 3.8) is 0 Å². The zero-order valence-corrected chi connectivity index (χ0v) is 6.59. The zero-order valence-electron chi connectivity index (χ0n) is 6.59. The molecule has 1 heterocycles. The highest BCUT2D eigenvalue weighted by Gasteiger charge is 2.09. The first-order valence-corrected chi connectivity index (χ1v) is 3.45. The Morgan fingerprint density at radius 1 is 1.73 bits per heavy atom. The van der Waals surface area contributed by atoms with Crippen LogP contribution in [-0.2, 0) is 0 Å². The highest BCUT2D eigenvalue weighted by atomic mass is 16.5. The summed E-state index contributed by atoms with van der Waals surface area (Å²) in [5, 5.41) is 0. The Morgan fingerprint density at radius 2 is 2.45 bits per heavy atom. The fraction of sp³-hybridized carbons (Fsp3) is 0.375. The number of furan rings is 1. The Kier molecular flexibility index (Phi) is 2.31. The molecule has 0 saturated carbocycles. The van der Waals surface area contributed by atoms with Crippen LogP contribution in [0.2, 0.25) is 0 Å². The molecule has 0 aromatic carbocycles. The molecular formula is C8H10O3. The topological polar surface area (TPSA) is 39.4 Å². The van der Waals surface area contributed by atoms with Crippen LogP contribution in [0.15, 0.2) is 10.7 Å². The SMILES string of the molecule is CCOc1c(C)coc1C=O. The van der Waals surface area contributed by atoms with Gasteiger partial charge < -0.3 is 9.15 Å². The van der Waals surface area contributed by atoms with Gasteiger partial charge in [-0.2, -0.15) is 0 Å². The van der Waals surface area contributed by atoms with E-state index in [-0.39, 0.29) is 5.76 Å². The second kappa shape index (κ2) is 3.23. The van der Waals surface area contributed by atoms with Gasteiger partial charge in [0.25, 0.3) is 0 Å². The molecule has 3 nitrogen and oxygen atoms in total. The molecule has 0 bridgehead atoms. The van der Waals surface area contributed by atoms with Gasteiger partial charge in [-0.3, -0.25) is 4.79 Å². The standard InChI is InChI=1S/C8H10O3/c1-3-10-8-6(2)5-11-7(8)4-9/h4-5H,3H2,1-2H3. The lowest BCUT2D eigenvalue weighted by Gasteiger charge is -1.99. The largest absolute Gasteiger partial charge is 0.489 e. The summed E-state index contributed by atoms with van der Waals surface area (Å²) in [6.07, 6.45) is 2.16. The van der Waals surface area contributed by atoms with E-state index in [1.807, 2.05) is 13.8 Å². The number of hydrogen-bond acceptors (Lipinski definition) is 3. The van der Waals surface area contributed by atoms with E-state index in [2.05, 4.69) is 0 Å². The van der Waals surface area contributed by atoms with Gasteiger partial charge in [-0.15, -0.1) is 0 Å². The molecule has 1 rings (SSSR count). The minimum atomic E-state index is 0.268. The Morgan fingerprint density at radius 3 is 3.00 bits per heavy atom. The lowest BCUT2D eigenvalue weighted by molar-refractivity contribution is 0.109. The number of aldehydes is 1. The van der Waals surface area contributed by atoms with E-state index >= 15 is 0 Å². The molecule has 0 saturated heterocycles. The average molecular weight is 154 g/mol. The summed E-state index contributed by atoms with van der Waals surface area (Å²) >= 11 is 0. The van der Waals surface area contributed by atoms with Crippen molar-refractivity contribution in [3.05, 3.63) is 17.6 Å². The first-order chi connectivity index (χ1) is 5.29. The van der Waals surface area contributed by atoms with Crippen molar-refractivity contribution in [1.29, 1.82) is 0 Å². The number of ether oxygens (including phenoxy) is 1. The van der Waals surface area contributed by atoms with Crippen LogP contribution < -0.4 is 4.74 Å². The van der Waals surface area contributed by atoms with E-state index in [0.717, 1.165) is 5.56 Å².